The van der Waals surface area contributed by atoms with Gasteiger partial charge >= 0.3 is 12.2 Å². The molecular formula is C81H146BrN5O33. The summed E-state index contributed by atoms with van der Waals surface area (Å²) in [5.74, 6) is -1.48. The quantitative estimate of drug-likeness (QED) is 0.0277. The van der Waals surface area contributed by atoms with Crippen LogP contribution in [0.3, 0.4) is 0 Å². The molecule has 7 N–H and O–H groups in total. The summed E-state index contributed by atoms with van der Waals surface area (Å²) in [4.78, 5) is 79.1. The second-order valence-corrected chi connectivity index (χ2v) is 28.8. The molecule has 1 aromatic rings. The number of alkyl carbamates (subject to hydrolysis) is 1. The van der Waals surface area contributed by atoms with Crippen LogP contribution in [0.2, 0.25) is 0 Å². The van der Waals surface area contributed by atoms with Crippen molar-refractivity contribution in [2.45, 2.75) is 98.6 Å². The maximum Gasteiger partial charge on any atom is 0.407 e. The average molecular weight is 1800 g/mol. The molecule has 1 aromatic carbocycles. The van der Waals surface area contributed by atoms with Crippen LogP contribution in [0.15, 0.2) is 28.8 Å². The number of phenolic OH excluding ortho intramolecular Hbond substituents is 1. The lowest BCUT2D eigenvalue weighted by Crippen LogP contribution is -2.42. The molecule has 0 aliphatic rings. The Balaban J connectivity index is 0.0000464. The van der Waals surface area contributed by atoms with Gasteiger partial charge in [-0.05, 0) is 91.4 Å². The molecular weight excluding hydrogens is 1650 g/mol. The number of aliphatic hydroxyl groups is 1. The fourth-order valence-corrected chi connectivity index (χ4v) is 9.69. The Morgan fingerprint density at radius 3 is 0.983 bits per heavy atom. The smallest absolute Gasteiger partial charge is 0.407 e. The van der Waals surface area contributed by atoms with Crippen LogP contribution in [-0.4, -0.2) is 388 Å². The summed E-state index contributed by atoms with van der Waals surface area (Å²) in [6.45, 7) is 35.5. The predicted octanol–water partition coefficient (Wildman–Crippen LogP) is 3.82. The lowest BCUT2D eigenvalue weighted by atomic mass is 9.78. The number of carbonyl (C=O) groups is 5. The van der Waals surface area contributed by atoms with Gasteiger partial charge in [-0.3, -0.25) is 19.2 Å². The van der Waals surface area contributed by atoms with Crippen molar-refractivity contribution < 1.29 is 157 Å². The summed E-state index contributed by atoms with van der Waals surface area (Å²) in [5.41, 5.74) is 0.366. The molecule has 1 rings (SSSR count). The zero-order chi connectivity index (χ0) is 88.0. The third-order valence-electron chi connectivity index (χ3n) is 15.9. The lowest BCUT2D eigenvalue weighted by Gasteiger charge is -2.32. The van der Waals surface area contributed by atoms with Gasteiger partial charge in [0.25, 0.3) is 5.91 Å². The molecule has 0 bridgehead atoms. The van der Waals surface area contributed by atoms with Gasteiger partial charge in [0, 0.05) is 44.6 Å². The van der Waals surface area contributed by atoms with E-state index in [1.807, 2.05) is 0 Å². The zero-order valence-electron chi connectivity index (χ0n) is 72.5. The third kappa shape index (κ3) is 83.7. The van der Waals surface area contributed by atoms with Crippen LogP contribution in [0, 0.1) is 11.3 Å². The van der Waals surface area contributed by atoms with Gasteiger partial charge in [-0.25, -0.2) is 4.79 Å². The molecule has 0 heterocycles. The van der Waals surface area contributed by atoms with Gasteiger partial charge in [0.1, 0.15) is 11.4 Å². The minimum Gasteiger partial charge on any atom is -0.506 e. The van der Waals surface area contributed by atoms with Crippen molar-refractivity contribution in [2.75, 3.05) is 335 Å². The van der Waals surface area contributed by atoms with Crippen molar-refractivity contribution >= 4 is 57.5 Å². The first kappa shape index (κ1) is 115. The van der Waals surface area contributed by atoms with Crippen molar-refractivity contribution in [1.29, 1.82) is 0 Å². The van der Waals surface area contributed by atoms with Crippen LogP contribution in [0.5, 0.6) is 5.75 Å². The molecule has 0 spiro atoms. The predicted molar refractivity (Wildman–Crippen MR) is 442 cm³/mol. The largest absolute Gasteiger partial charge is 0.506 e. The molecule has 0 aromatic heterocycles. The second-order valence-electron chi connectivity index (χ2n) is 27.9. The van der Waals surface area contributed by atoms with Gasteiger partial charge in [0.2, 0.25) is 17.7 Å². The Kier molecular flexibility index (Phi) is 82.2. The number of hydrogen-bond acceptors (Lipinski definition) is 33. The van der Waals surface area contributed by atoms with E-state index in [-0.39, 0.29) is 90.2 Å². The Bertz CT molecular complexity index is 2610. The van der Waals surface area contributed by atoms with E-state index in [1.54, 1.807) is 32.9 Å². The molecule has 700 valence electrons. The summed E-state index contributed by atoms with van der Waals surface area (Å²) in [7, 11) is 0. The number of phenols is 1. The number of ether oxygens (including phenoxy) is 24. The first-order chi connectivity index (χ1) is 58.2. The monoisotopic (exact) mass is 1800 g/mol. The number of aliphatic hydroxyl groups excluding tert-OH is 1. The highest BCUT2D eigenvalue weighted by molar-refractivity contribution is 9.12. The van der Waals surface area contributed by atoms with E-state index < -0.39 is 23.5 Å². The summed E-state index contributed by atoms with van der Waals surface area (Å²) in [5, 5.41) is 33.0. The molecule has 0 radical (unpaired) electrons. The standard InChI is InChI=1S/C80H146BrN5O31.CO2/c1-68(79(2,3)4)64-70(85-78(93)117-80(5,6)7)65-69-12-13-73(88)72(66-69)86-75(90)11-9-14-82-76(91)67-71(81)77(92)84-15-8-10-74(89)83-16-18-94-20-22-96-24-26-98-28-30-100-32-34-102-36-38-104-40-42-106-44-46-108-48-50-110-52-54-112-56-58-114-60-62-116-63-61-115-59-57-113-55-53-111-51-49-109-47-45-107-43-41-105-39-37-103-35-33-101-31-29-99-27-25-97-23-21-95-19-17-87;2-1-3/h12-13,66-68,70,87-88H,8-11,14-65H2,1-7H3,(H,82,91)(H,83,89)(H,84,92)(H,85,93)(H,86,90);/b71-67-;/t68?,70-;/m1./s1. The van der Waals surface area contributed by atoms with Crippen molar-refractivity contribution in [1.82, 2.24) is 21.3 Å². The van der Waals surface area contributed by atoms with Gasteiger partial charge < -0.3 is 150 Å². The fraction of sp³-hybridized carbons (Fsp3) is 0.827. The van der Waals surface area contributed by atoms with E-state index in [9.17, 15) is 29.1 Å². The topological polar surface area (TPSA) is 442 Å². The van der Waals surface area contributed by atoms with Gasteiger partial charge in [0.15, 0.2) is 0 Å². The maximum absolute atomic E-state index is 12.8. The van der Waals surface area contributed by atoms with Crippen LogP contribution < -0.4 is 26.6 Å². The Labute approximate surface area is 718 Å². The van der Waals surface area contributed by atoms with Crippen molar-refractivity contribution in [2.24, 2.45) is 11.3 Å². The van der Waals surface area contributed by atoms with Crippen LogP contribution in [0.25, 0.3) is 0 Å². The molecule has 1 unspecified atom stereocenters. The van der Waals surface area contributed by atoms with E-state index >= 15 is 0 Å². The first-order valence-electron chi connectivity index (χ1n) is 41.4. The van der Waals surface area contributed by atoms with Crippen LogP contribution in [0.4, 0.5) is 10.5 Å². The summed E-state index contributed by atoms with van der Waals surface area (Å²) in [6.07, 6.45) is 2.83. The Morgan fingerprint density at radius 1 is 0.408 bits per heavy atom. The van der Waals surface area contributed by atoms with Gasteiger partial charge in [-0.2, -0.15) is 9.59 Å². The molecule has 0 fully saturated rings. The van der Waals surface area contributed by atoms with Crippen molar-refractivity contribution in [3.05, 3.63) is 34.3 Å². The number of carbonyl (C=O) groups excluding carboxylic acids is 7. The van der Waals surface area contributed by atoms with Gasteiger partial charge in [-0.1, -0.05) is 33.8 Å². The number of rotatable bonds is 87. The van der Waals surface area contributed by atoms with E-state index in [4.69, 9.17) is 128 Å². The van der Waals surface area contributed by atoms with Crippen LogP contribution in [-0.2, 0) is 149 Å². The van der Waals surface area contributed by atoms with E-state index in [0.717, 1.165) is 11.6 Å². The van der Waals surface area contributed by atoms with E-state index in [0.29, 0.717) is 330 Å². The van der Waals surface area contributed by atoms with Gasteiger partial charge in [-0.15, -0.1) is 0 Å². The number of anilines is 1. The van der Waals surface area contributed by atoms with Crippen molar-refractivity contribution in [3.8, 4) is 5.75 Å². The number of hydrogen-bond donors (Lipinski definition) is 7. The number of benzene rings is 1. The number of aromatic hydroxyl groups is 1. The molecule has 38 nitrogen and oxygen atoms in total. The molecule has 0 aliphatic carbocycles. The highest BCUT2D eigenvalue weighted by Crippen LogP contribution is 2.31. The number of nitrogens with one attached hydrogen (secondary N) is 5. The molecule has 2 atom stereocenters. The second kappa shape index (κ2) is 86.0. The third-order valence-corrected chi connectivity index (χ3v) is 16.5. The van der Waals surface area contributed by atoms with Crippen LogP contribution >= 0.6 is 15.9 Å². The number of halogens is 1. The molecule has 0 aliphatic heterocycles. The highest BCUT2D eigenvalue weighted by atomic mass is 79.9. The zero-order valence-corrected chi connectivity index (χ0v) is 74.1. The van der Waals surface area contributed by atoms with E-state index in [2.05, 4.69) is 70.2 Å². The van der Waals surface area contributed by atoms with Crippen molar-refractivity contribution in [3.63, 3.8) is 0 Å². The normalized spacial score (nSPS) is 12.2. The fourth-order valence-electron chi connectivity index (χ4n) is 9.34. The van der Waals surface area contributed by atoms with Gasteiger partial charge in [0.05, 0.1) is 321 Å². The summed E-state index contributed by atoms with van der Waals surface area (Å²) >= 11 is 3.13. The molecule has 5 amide bonds. The first-order valence-corrected chi connectivity index (χ1v) is 42.2. The Morgan fingerprint density at radius 2 is 0.692 bits per heavy atom. The molecule has 0 saturated carbocycles. The molecule has 0 saturated heterocycles. The highest BCUT2D eigenvalue weighted by Gasteiger charge is 2.27. The van der Waals surface area contributed by atoms with E-state index in [1.165, 1.54) is 6.07 Å². The molecule has 120 heavy (non-hydrogen) atoms. The maximum atomic E-state index is 12.8. The Hall–Kier alpha value is -5.19. The number of amides is 5. The summed E-state index contributed by atoms with van der Waals surface area (Å²) < 4.78 is 132. The average Bonchev–Trinajstić information content (AvgIpc) is 0.846. The minimum atomic E-state index is -0.660. The lowest BCUT2D eigenvalue weighted by molar-refractivity contribution is -0.191. The summed E-state index contributed by atoms with van der Waals surface area (Å²) in [6, 6.07) is 4.66. The molecule has 39 heteroatoms. The minimum absolute atomic E-state index is 0.0000928. The van der Waals surface area contributed by atoms with Crippen LogP contribution in [0.1, 0.15) is 86.1 Å². The SMILES string of the molecule is CC(C[C@H](Cc1ccc(O)c(NC(=O)CCCNC(=O)/C=C(\Br)C(=O)NCCCC(=O)NCCOCCOCCOCCOCCOCCOCCOCCOCCOCCOCCOCCOCCOCCOCCOCCOCCOCCOCCOCCOCCOCCOCCOCCO)c1)NC(=O)OC(C)(C)C)C(C)(C)C.O=C=O.